The predicted octanol–water partition coefficient (Wildman–Crippen LogP) is 4.49. The van der Waals surface area contributed by atoms with E-state index in [1.807, 2.05) is 53.3 Å². The maximum absolute atomic E-state index is 11.8. The van der Waals surface area contributed by atoms with Crippen molar-refractivity contribution < 1.29 is 22.7 Å². The number of hydrogen-bond acceptors (Lipinski definition) is 5. The van der Waals surface area contributed by atoms with Crippen LogP contribution in [0.25, 0.3) is 11.1 Å². The molecule has 1 heterocycles. The lowest BCUT2D eigenvalue weighted by molar-refractivity contribution is -0.119. The Morgan fingerprint density at radius 3 is 2.30 bits per heavy atom. The van der Waals surface area contributed by atoms with Crippen LogP contribution >= 0.6 is 0 Å². The van der Waals surface area contributed by atoms with Gasteiger partial charge in [0, 0.05) is 12.3 Å². The van der Waals surface area contributed by atoms with Gasteiger partial charge in [-0.2, -0.15) is 0 Å². The minimum atomic E-state index is -3.56. The molecule has 0 aromatic heterocycles. The molecule has 0 aliphatic carbocycles. The number of carbonyl (C=O) groups excluding carboxylic acids is 1. The number of amides is 1. The molecule has 4 rings (SSSR count). The molecule has 0 saturated carbocycles. The topological polar surface area (TPSA) is 81.7 Å². The fourth-order valence-corrected chi connectivity index (χ4v) is 5.69. The lowest BCUT2D eigenvalue weighted by atomic mass is 9.94. The number of methoxy groups -OCH3 is 1. The Bertz CT molecular complexity index is 1260. The van der Waals surface area contributed by atoms with Crippen LogP contribution in [0.4, 0.5) is 0 Å². The van der Waals surface area contributed by atoms with Crippen molar-refractivity contribution in [3.05, 3.63) is 82.9 Å². The van der Waals surface area contributed by atoms with Crippen LogP contribution in [-0.4, -0.2) is 27.2 Å². The summed E-state index contributed by atoms with van der Waals surface area (Å²) in [6.45, 7) is 4.56. The second-order valence-corrected chi connectivity index (χ2v) is 10.2. The maximum atomic E-state index is 11.8. The van der Waals surface area contributed by atoms with Crippen molar-refractivity contribution in [2.24, 2.45) is 0 Å². The van der Waals surface area contributed by atoms with Gasteiger partial charge in [-0.3, -0.25) is 9.52 Å². The third kappa shape index (κ3) is 5.37. The number of ether oxygens (including phenoxy) is 2. The molecule has 1 atom stereocenters. The number of sulfonamides is 1. The summed E-state index contributed by atoms with van der Waals surface area (Å²) in [5, 5.41) is 0. The van der Waals surface area contributed by atoms with E-state index in [1.54, 1.807) is 7.11 Å². The summed E-state index contributed by atoms with van der Waals surface area (Å²) >= 11 is 0. The van der Waals surface area contributed by atoms with Gasteiger partial charge in [-0.15, -0.1) is 0 Å². The number of hydrogen-bond donors (Lipinski definition) is 1. The van der Waals surface area contributed by atoms with Crippen LogP contribution in [0.15, 0.2) is 60.7 Å². The number of nitrogens with one attached hydrogen (secondary N) is 1. The third-order valence-corrected chi connectivity index (χ3v) is 7.22. The summed E-state index contributed by atoms with van der Waals surface area (Å²) in [5.41, 5.74) is 6.47. The molecule has 0 radical (unpaired) electrons. The molecule has 1 saturated heterocycles. The standard InChI is InChI=1S/C26H27NO5S/c1-17-11-24(31-3)12-18(2)26(17)21-6-4-5-19(13-21)15-32-23-9-7-20(8-10-23)22-14-25(28)27-33(29,30)16-22/h4-13,22H,14-16H2,1-3H3,(H,27,28). The zero-order valence-corrected chi connectivity index (χ0v) is 19.7. The van der Waals surface area contributed by atoms with Gasteiger partial charge in [0.15, 0.2) is 0 Å². The molecule has 3 aromatic carbocycles. The zero-order valence-electron chi connectivity index (χ0n) is 18.9. The monoisotopic (exact) mass is 465 g/mol. The normalized spacial score (nSPS) is 17.3. The predicted molar refractivity (Wildman–Crippen MR) is 128 cm³/mol. The van der Waals surface area contributed by atoms with E-state index in [0.29, 0.717) is 12.4 Å². The first-order valence-electron chi connectivity index (χ1n) is 10.7. The van der Waals surface area contributed by atoms with Gasteiger partial charge in [-0.25, -0.2) is 8.42 Å². The van der Waals surface area contributed by atoms with Crippen LogP contribution in [0.3, 0.4) is 0 Å². The molecule has 0 bridgehead atoms. The molecule has 1 fully saturated rings. The summed E-state index contributed by atoms with van der Waals surface area (Å²) in [7, 11) is -1.89. The first kappa shape index (κ1) is 22.9. The van der Waals surface area contributed by atoms with E-state index in [4.69, 9.17) is 9.47 Å². The Hall–Kier alpha value is -3.32. The molecule has 172 valence electrons. The van der Waals surface area contributed by atoms with Crippen molar-refractivity contribution in [3.63, 3.8) is 0 Å². The largest absolute Gasteiger partial charge is 0.497 e. The highest BCUT2D eigenvalue weighted by molar-refractivity contribution is 7.90. The Kier molecular flexibility index (Phi) is 6.42. The highest BCUT2D eigenvalue weighted by Crippen LogP contribution is 2.32. The van der Waals surface area contributed by atoms with Gasteiger partial charge >= 0.3 is 0 Å². The summed E-state index contributed by atoms with van der Waals surface area (Å²) < 4.78 is 37.0. The second kappa shape index (κ2) is 9.27. The average molecular weight is 466 g/mol. The van der Waals surface area contributed by atoms with E-state index >= 15 is 0 Å². The molecule has 6 nitrogen and oxygen atoms in total. The molecular formula is C26H27NO5S. The third-order valence-electron chi connectivity index (χ3n) is 5.84. The van der Waals surface area contributed by atoms with Gasteiger partial charge in [0.25, 0.3) is 0 Å². The minimum Gasteiger partial charge on any atom is -0.497 e. The summed E-state index contributed by atoms with van der Waals surface area (Å²) in [6, 6.07) is 19.6. The smallest absolute Gasteiger partial charge is 0.235 e. The quantitative estimate of drug-likeness (QED) is 0.580. The van der Waals surface area contributed by atoms with Crippen molar-refractivity contribution >= 4 is 15.9 Å². The Morgan fingerprint density at radius 2 is 1.67 bits per heavy atom. The Balaban J connectivity index is 1.46. The number of aryl methyl sites for hydroxylation is 2. The molecule has 1 aliphatic rings. The van der Waals surface area contributed by atoms with E-state index in [2.05, 4.69) is 26.0 Å². The maximum Gasteiger partial charge on any atom is 0.235 e. The van der Waals surface area contributed by atoms with Crippen LogP contribution in [0.2, 0.25) is 0 Å². The Morgan fingerprint density at radius 1 is 0.970 bits per heavy atom. The molecule has 7 heteroatoms. The molecule has 1 N–H and O–H groups in total. The summed E-state index contributed by atoms with van der Waals surface area (Å²) in [4.78, 5) is 11.7. The molecule has 1 aliphatic heterocycles. The van der Waals surface area contributed by atoms with E-state index in [-0.39, 0.29) is 18.1 Å². The van der Waals surface area contributed by atoms with Gasteiger partial charge in [0.2, 0.25) is 15.9 Å². The van der Waals surface area contributed by atoms with Gasteiger partial charge < -0.3 is 9.47 Å². The molecule has 33 heavy (non-hydrogen) atoms. The number of benzene rings is 3. The molecular weight excluding hydrogens is 438 g/mol. The molecule has 0 spiro atoms. The van der Waals surface area contributed by atoms with Crippen molar-refractivity contribution in [2.45, 2.75) is 32.8 Å². The van der Waals surface area contributed by atoms with Crippen LogP contribution in [0.5, 0.6) is 11.5 Å². The molecule has 1 unspecified atom stereocenters. The van der Waals surface area contributed by atoms with Gasteiger partial charge in [0.05, 0.1) is 12.9 Å². The van der Waals surface area contributed by atoms with E-state index in [9.17, 15) is 13.2 Å². The molecule has 3 aromatic rings. The van der Waals surface area contributed by atoms with E-state index in [0.717, 1.165) is 33.6 Å². The van der Waals surface area contributed by atoms with Crippen LogP contribution in [-0.2, 0) is 21.4 Å². The lowest BCUT2D eigenvalue weighted by Gasteiger charge is -2.22. The Labute approximate surface area is 194 Å². The van der Waals surface area contributed by atoms with Crippen molar-refractivity contribution in [3.8, 4) is 22.6 Å². The second-order valence-electron chi connectivity index (χ2n) is 8.40. The summed E-state index contributed by atoms with van der Waals surface area (Å²) in [6.07, 6.45) is 0.163. The van der Waals surface area contributed by atoms with E-state index < -0.39 is 15.9 Å². The first-order chi connectivity index (χ1) is 15.7. The van der Waals surface area contributed by atoms with Crippen molar-refractivity contribution in [1.29, 1.82) is 0 Å². The van der Waals surface area contributed by atoms with Gasteiger partial charge in [0.1, 0.15) is 18.1 Å². The highest BCUT2D eigenvalue weighted by Gasteiger charge is 2.30. The molecule has 1 amide bonds. The van der Waals surface area contributed by atoms with Crippen molar-refractivity contribution in [2.75, 3.05) is 12.9 Å². The first-order valence-corrected chi connectivity index (χ1v) is 12.4. The van der Waals surface area contributed by atoms with Gasteiger partial charge in [-0.05, 0) is 77.6 Å². The van der Waals surface area contributed by atoms with Crippen LogP contribution < -0.4 is 14.2 Å². The minimum absolute atomic E-state index is 0.0874. The average Bonchev–Trinajstić information content (AvgIpc) is 2.76. The number of carbonyl (C=O) groups is 1. The van der Waals surface area contributed by atoms with Gasteiger partial charge in [-0.1, -0.05) is 30.3 Å². The van der Waals surface area contributed by atoms with E-state index in [1.165, 1.54) is 5.56 Å². The fourth-order valence-electron chi connectivity index (χ4n) is 4.33. The lowest BCUT2D eigenvalue weighted by Crippen LogP contribution is -2.40. The number of rotatable bonds is 6. The van der Waals surface area contributed by atoms with Crippen molar-refractivity contribution in [1.82, 2.24) is 4.72 Å². The zero-order chi connectivity index (χ0) is 23.6. The SMILES string of the molecule is COc1cc(C)c(-c2cccc(COc3ccc(C4CC(=O)NS(=O)(=O)C4)cc3)c2)c(C)c1. The highest BCUT2D eigenvalue weighted by atomic mass is 32.2. The fraction of sp³-hybridized carbons (Fsp3) is 0.269. The van der Waals surface area contributed by atoms with Crippen LogP contribution in [0, 0.1) is 13.8 Å². The summed E-state index contributed by atoms with van der Waals surface area (Å²) in [5.74, 6) is 0.641. The van der Waals surface area contributed by atoms with Crippen LogP contribution in [0.1, 0.15) is 34.6 Å².